The zero-order valence-electron chi connectivity index (χ0n) is 16.6. The summed E-state index contributed by atoms with van der Waals surface area (Å²) in [6, 6.07) is 11.4. The van der Waals surface area contributed by atoms with Gasteiger partial charge >= 0.3 is 0 Å². The maximum absolute atomic E-state index is 13.1. The average molecular weight is 404 g/mol. The first-order valence-corrected chi connectivity index (χ1v) is 10.5. The van der Waals surface area contributed by atoms with Crippen LogP contribution in [0.4, 0.5) is 17.6 Å². The van der Waals surface area contributed by atoms with Crippen LogP contribution in [-0.2, 0) is 4.79 Å². The molecular weight excluding hydrogens is 380 g/mol. The third kappa shape index (κ3) is 3.85. The van der Waals surface area contributed by atoms with Crippen molar-refractivity contribution in [2.75, 3.05) is 28.6 Å². The van der Waals surface area contributed by atoms with Crippen molar-refractivity contribution in [3.05, 3.63) is 42.0 Å². The number of anilines is 3. The van der Waals surface area contributed by atoms with Crippen LogP contribution in [-0.4, -0.2) is 40.1 Å². The molecule has 8 heteroatoms. The van der Waals surface area contributed by atoms with Crippen molar-refractivity contribution in [3.63, 3.8) is 0 Å². The van der Waals surface area contributed by atoms with Crippen LogP contribution in [0.15, 0.2) is 36.4 Å². The van der Waals surface area contributed by atoms with E-state index in [2.05, 4.69) is 30.7 Å². The van der Waals surface area contributed by atoms with Gasteiger partial charge in [-0.3, -0.25) is 14.9 Å². The Kier molecular flexibility index (Phi) is 4.82. The van der Waals surface area contributed by atoms with Crippen molar-refractivity contribution >= 4 is 40.2 Å². The number of aromatic amines is 1. The van der Waals surface area contributed by atoms with Crippen LogP contribution in [0.5, 0.6) is 0 Å². The van der Waals surface area contributed by atoms with E-state index in [1.54, 1.807) is 6.07 Å². The Morgan fingerprint density at radius 2 is 1.73 bits per heavy atom. The summed E-state index contributed by atoms with van der Waals surface area (Å²) in [4.78, 5) is 32.0. The molecule has 3 N–H and O–H groups in total. The number of benzene rings is 2. The van der Waals surface area contributed by atoms with Crippen molar-refractivity contribution < 1.29 is 9.59 Å². The molecule has 1 aliphatic carbocycles. The standard InChI is InChI=1S/C22H24N6O2/c29-19(14-8-9-14)23-18-13-16-7-3-2-6-15(16)12-17(18)20(30)24-21-25-22(27-26-21)28-10-4-1-5-11-28/h2-3,6-7,12-14H,1,4-5,8-11H2,(H,23,29)(H2,24,25,26,27,30). The first-order chi connectivity index (χ1) is 14.7. The van der Waals surface area contributed by atoms with E-state index in [9.17, 15) is 9.59 Å². The van der Waals surface area contributed by atoms with Crippen molar-refractivity contribution in [2.24, 2.45) is 5.92 Å². The number of hydrogen-bond donors (Lipinski definition) is 3. The van der Waals surface area contributed by atoms with Gasteiger partial charge in [-0.05, 0) is 55.0 Å². The van der Waals surface area contributed by atoms with Crippen molar-refractivity contribution in [2.45, 2.75) is 32.1 Å². The quantitative estimate of drug-likeness (QED) is 0.603. The van der Waals surface area contributed by atoms with Gasteiger partial charge in [0.05, 0.1) is 11.3 Å². The molecule has 1 aliphatic heterocycles. The molecule has 0 radical (unpaired) electrons. The fourth-order valence-corrected chi connectivity index (χ4v) is 3.83. The van der Waals surface area contributed by atoms with Gasteiger partial charge in [-0.2, -0.15) is 4.98 Å². The highest BCUT2D eigenvalue weighted by Gasteiger charge is 2.30. The lowest BCUT2D eigenvalue weighted by molar-refractivity contribution is -0.117. The minimum Gasteiger partial charge on any atom is -0.340 e. The van der Waals surface area contributed by atoms with E-state index in [4.69, 9.17) is 0 Å². The third-order valence-electron chi connectivity index (χ3n) is 5.68. The molecule has 1 aromatic heterocycles. The fourth-order valence-electron chi connectivity index (χ4n) is 3.83. The molecule has 0 spiro atoms. The Hall–Kier alpha value is -3.42. The normalized spacial score (nSPS) is 16.5. The summed E-state index contributed by atoms with van der Waals surface area (Å²) in [5.74, 6) is 0.576. The fraction of sp³-hybridized carbons (Fsp3) is 0.364. The van der Waals surface area contributed by atoms with Gasteiger partial charge < -0.3 is 10.2 Å². The van der Waals surface area contributed by atoms with Crippen LogP contribution in [0, 0.1) is 5.92 Å². The van der Waals surface area contributed by atoms with Gasteiger partial charge in [0.15, 0.2) is 0 Å². The van der Waals surface area contributed by atoms with Gasteiger partial charge in [0.25, 0.3) is 5.91 Å². The first-order valence-electron chi connectivity index (χ1n) is 10.5. The van der Waals surface area contributed by atoms with Gasteiger partial charge in [-0.25, -0.2) is 5.10 Å². The van der Waals surface area contributed by atoms with E-state index >= 15 is 0 Å². The van der Waals surface area contributed by atoms with E-state index in [0.29, 0.717) is 23.1 Å². The van der Waals surface area contributed by atoms with E-state index in [1.807, 2.05) is 30.3 Å². The highest BCUT2D eigenvalue weighted by Crippen LogP contribution is 2.32. The number of carbonyl (C=O) groups excluding carboxylic acids is 2. The van der Waals surface area contributed by atoms with E-state index in [0.717, 1.165) is 49.5 Å². The summed E-state index contributed by atoms with van der Waals surface area (Å²) in [7, 11) is 0. The molecule has 2 amide bonds. The van der Waals surface area contributed by atoms with Gasteiger partial charge in [-0.15, -0.1) is 5.10 Å². The Morgan fingerprint density at radius 3 is 2.47 bits per heavy atom. The molecule has 2 aromatic carbocycles. The van der Waals surface area contributed by atoms with Gasteiger partial charge in [0.1, 0.15) is 0 Å². The van der Waals surface area contributed by atoms with Crippen molar-refractivity contribution in [1.29, 1.82) is 0 Å². The highest BCUT2D eigenvalue weighted by atomic mass is 16.2. The summed E-state index contributed by atoms with van der Waals surface area (Å²) in [5.41, 5.74) is 0.914. The lowest BCUT2D eigenvalue weighted by Crippen LogP contribution is -2.30. The molecule has 8 nitrogen and oxygen atoms in total. The molecule has 30 heavy (non-hydrogen) atoms. The zero-order chi connectivity index (χ0) is 20.5. The molecule has 154 valence electrons. The number of carbonyl (C=O) groups is 2. The van der Waals surface area contributed by atoms with Crippen LogP contribution >= 0.6 is 0 Å². The van der Waals surface area contributed by atoms with Crippen LogP contribution in [0.25, 0.3) is 10.8 Å². The second-order valence-electron chi connectivity index (χ2n) is 7.99. The Bertz CT molecular complexity index is 1100. The van der Waals surface area contributed by atoms with Gasteiger partial charge in [0.2, 0.25) is 17.8 Å². The maximum atomic E-state index is 13.1. The van der Waals surface area contributed by atoms with Crippen LogP contribution < -0.4 is 15.5 Å². The molecule has 3 aromatic rings. The molecule has 1 saturated heterocycles. The average Bonchev–Trinajstić information content (AvgIpc) is 3.53. The SMILES string of the molecule is O=C(Nc1nc(N2CCCCC2)n[nH]1)c1cc2ccccc2cc1NC(=O)C1CC1. The van der Waals surface area contributed by atoms with Gasteiger partial charge in [0, 0.05) is 19.0 Å². The molecule has 5 rings (SSSR count). The number of aromatic nitrogens is 3. The molecule has 1 saturated carbocycles. The number of hydrogen-bond acceptors (Lipinski definition) is 5. The molecule has 0 unspecified atom stereocenters. The summed E-state index contributed by atoms with van der Waals surface area (Å²) in [6.07, 6.45) is 5.27. The first kappa shape index (κ1) is 18.6. The molecule has 2 aliphatic rings. The Balaban J connectivity index is 1.40. The summed E-state index contributed by atoms with van der Waals surface area (Å²) in [5, 5.41) is 14.7. The number of nitrogens with one attached hydrogen (secondary N) is 3. The number of piperidine rings is 1. The molecule has 0 bridgehead atoms. The number of rotatable bonds is 5. The van der Waals surface area contributed by atoms with E-state index in [1.165, 1.54) is 6.42 Å². The lowest BCUT2D eigenvalue weighted by atomic mass is 10.0. The third-order valence-corrected chi connectivity index (χ3v) is 5.68. The predicted octanol–water partition coefficient (Wildman–Crippen LogP) is 3.55. The van der Waals surface area contributed by atoms with Crippen molar-refractivity contribution in [1.82, 2.24) is 15.2 Å². The van der Waals surface area contributed by atoms with E-state index < -0.39 is 0 Å². The number of nitrogens with zero attached hydrogens (tertiary/aromatic N) is 3. The second-order valence-corrected chi connectivity index (χ2v) is 7.99. The smallest absolute Gasteiger partial charge is 0.260 e. The Morgan fingerprint density at radius 1 is 1.00 bits per heavy atom. The predicted molar refractivity (Wildman–Crippen MR) is 116 cm³/mol. The van der Waals surface area contributed by atoms with Gasteiger partial charge in [-0.1, -0.05) is 24.3 Å². The number of H-pyrrole nitrogens is 1. The Labute approximate surface area is 174 Å². The number of amides is 2. The van der Waals surface area contributed by atoms with Crippen LogP contribution in [0.3, 0.4) is 0 Å². The minimum atomic E-state index is -0.340. The van der Waals surface area contributed by atoms with Crippen LogP contribution in [0.2, 0.25) is 0 Å². The zero-order valence-corrected chi connectivity index (χ0v) is 16.6. The second kappa shape index (κ2) is 7.78. The minimum absolute atomic E-state index is 0.0358. The highest BCUT2D eigenvalue weighted by molar-refractivity contribution is 6.12. The maximum Gasteiger partial charge on any atom is 0.260 e. The van der Waals surface area contributed by atoms with Crippen molar-refractivity contribution in [3.8, 4) is 0 Å². The monoisotopic (exact) mass is 404 g/mol. The molecular formula is C22H24N6O2. The summed E-state index contributed by atoms with van der Waals surface area (Å²) in [6.45, 7) is 1.85. The molecule has 2 fully saturated rings. The number of fused-ring (bicyclic) bond motifs is 1. The lowest BCUT2D eigenvalue weighted by Gasteiger charge is -2.24. The summed E-state index contributed by atoms with van der Waals surface area (Å²) < 4.78 is 0. The summed E-state index contributed by atoms with van der Waals surface area (Å²) >= 11 is 0. The molecule has 2 heterocycles. The van der Waals surface area contributed by atoms with E-state index in [-0.39, 0.29) is 17.7 Å². The molecule has 0 atom stereocenters. The topological polar surface area (TPSA) is 103 Å². The van der Waals surface area contributed by atoms with Crippen LogP contribution in [0.1, 0.15) is 42.5 Å². The largest absolute Gasteiger partial charge is 0.340 e.